The lowest BCUT2D eigenvalue weighted by molar-refractivity contribution is -0.122. The number of carbonyl (C=O) groups excluding carboxylic acids is 1. The number of alkyl halides is 1. The van der Waals surface area contributed by atoms with Crippen molar-refractivity contribution in [3.05, 3.63) is 17.3 Å². The average Bonchev–Trinajstić information content (AvgIpc) is 3.22. The lowest BCUT2D eigenvalue weighted by atomic mass is 10.1. The minimum atomic E-state index is -0.862. The molecule has 2 N–H and O–H groups in total. The molecular weight excluding hydrogens is 353 g/mol. The molecule has 1 amide bonds. The van der Waals surface area contributed by atoms with E-state index in [4.69, 9.17) is 4.74 Å². The maximum absolute atomic E-state index is 13.7. The summed E-state index contributed by atoms with van der Waals surface area (Å²) < 4.78 is 20.6. The van der Waals surface area contributed by atoms with E-state index in [2.05, 4.69) is 25.7 Å². The summed E-state index contributed by atoms with van der Waals surface area (Å²) in [5.41, 5.74) is 1.79. The summed E-state index contributed by atoms with van der Waals surface area (Å²) in [5.74, 6) is 0.912. The highest BCUT2D eigenvalue weighted by Gasteiger charge is 2.28. The van der Waals surface area contributed by atoms with Crippen LogP contribution in [0.3, 0.4) is 0 Å². The molecular formula is C17H20FN7O2. The third kappa shape index (κ3) is 3.20. The fourth-order valence-electron chi connectivity index (χ4n) is 3.28. The van der Waals surface area contributed by atoms with Gasteiger partial charge in [-0.1, -0.05) is 0 Å². The molecule has 1 unspecified atom stereocenters. The molecule has 2 aromatic heterocycles. The summed E-state index contributed by atoms with van der Waals surface area (Å²) in [4.78, 5) is 23.1. The number of fused-ring (bicyclic) bond motifs is 1. The zero-order chi connectivity index (χ0) is 18.4. The zero-order valence-electron chi connectivity index (χ0n) is 14.7. The number of rotatable bonds is 4. The maximum atomic E-state index is 13.7. The fraction of sp³-hybridized carbons (Fsp3) is 0.529. The number of nitrogens with zero attached hydrogens (tertiary/aromatic N) is 5. The molecule has 1 atom stereocenters. The highest BCUT2D eigenvalue weighted by Crippen LogP contribution is 2.27. The van der Waals surface area contributed by atoms with Gasteiger partial charge >= 0.3 is 0 Å². The van der Waals surface area contributed by atoms with E-state index in [1.165, 1.54) is 0 Å². The number of hydrogen-bond donors (Lipinski definition) is 2. The molecule has 0 spiro atoms. The van der Waals surface area contributed by atoms with Crippen LogP contribution in [0.5, 0.6) is 0 Å². The van der Waals surface area contributed by atoms with Gasteiger partial charge in [0.1, 0.15) is 12.9 Å². The number of nitrogens with one attached hydrogen (secondary N) is 2. The van der Waals surface area contributed by atoms with Crippen LogP contribution in [0.15, 0.2) is 11.8 Å². The molecule has 1 aliphatic carbocycles. The first kappa shape index (κ1) is 16.4. The van der Waals surface area contributed by atoms with Crippen LogP contribution >= 0.6 is 0 Å². The summed E-state index contributed by atoms with van der Waals surface area (Å²) in [6.45, 7) is 1.33. The molecule has 2 aliphatic heterocycles. The second kappa shape index (κ2) is 6.45. The smallest absolute Gasteiger partial charge is 0.251 e. The van der Waals surface area contributed by atoms with Gasteiger partial charge in [0.05, 0.1) is 19.3 Å². The van der Waals surface area contributed by atoms with Crippen molar-refractivity contribution in [1.29, 1.82) is 0 Å². The molecule has 0 aromatic carbocycles. The van der Waals surface area contributed by atoms with Crippen molar-refractivity contribution in [2.24, 2.45) is 0 Å². The van der Waals surface area contributed by atoms with E-state index in [0.717, 1.165) is 12.8 Å². The molecule has 27 heavy (non-hydrogen) atoms. The highest BCUT2D eigenvalue weighted by molar-refractivity contribution is 5.99. The van der Waals surface area contributed by atoms with E-state index in [1.54, 1.807) is 16.8 Å². The first-order valence-electron chi connectivity index (χ1n) is 9.15. The van der Waals surface area contributed by atoms with Crippen LogP contribution in [0.1, 0.15) is 24.8 Å². The Labute approximate surface area is 154 Å². The molecule has 142 valence electrons. The fourth-order valence-corrected chi connectivity index (χ4v) is 3.28. The van der Waals surface area contributed by atoms with Gasteiger partial charge in [-0.25, -0.2) is 4.39 Å². The van der Waals surface area contributed by atoms with Crippen molar-refractivity contribution >= 4 is 29.5 Å². The van der Waals surface area contributed by atoms with Crippen molar-refractivity contribution in [1.82, 2.24) is 24.9 Å². The predicted octanol–water partition coefficient (Wildman–Crippen LogP) is 0.734. The molecule has 2 aromatic rings. The van der Waals surface area contributed by atoms with Gasteiger partial charge in [0.25, 0.3) is 5.91 Å². The Hall–Kier alpha value is -2.75. The Kier molecular flexibility index (Phi) is 3.92. The van der Waals surface area contributed by atoms with E-state index >= 15 is 0 Å². The topological polar surface area (TPSA) is 96.7 Å². The van der Waals surface area contributed by atoms with E-state index in [0.29, 0.717) is 54.2 Å². The SMILES string of the molecule is O=C1NCOC/C1=C\c1cnn2c(NC3CC3)nc(N3CCC(F)C3)nc12. The van der Waals surface area contributed by atoms with Crippen LogP contribution < -0.4 is 15.5 Å². The number of halogens is 1. The van der Waals surface area contributed by atoms with Gasteiger partial charge < -0.3 is 20.3 Å². The van der Waals surface area contributed by atoms with Crippen molar-refractivity contribution in [2.45, 2.75) is 31.5 Å². The van der Waals surface area contributed by atoms with Crippen LogP contribution in [0, 0.1) is 0 Å². The zero-order valence-corrected chi connectivity index (χ0v) is 14.7. The molecule has 3 fully saturated rings. The molecule has 0 radical (unpaired) electrons. The van der Waals surface area contributed by atoms with E-state index < -0.39 is 6.17 Å². The van der Waals surface area contributed by atoms with E-state index in [1.807, 2.05) is 4.90 Å². The number of anilines is 2. The molecule has 4 heterocycles. The Morgan fingerprint density at radius 1 is 1.33 bits per heavy atom. The van der Waals surface area contributed by atoms with E-state index in [9.17, 15) is 9.18 Å². The van der Waals surface area contributed by atoms with Gasteiger partial charge in [0.15, 0.2) is 5.65 Å². The van der Waals surface area contributed by atoms with Crippen LogP contribution in [-0.2, 0) is 9.53 Å². The van der Waals surface area contributed by atoms with Gasteiger partial charge in [-0.2, -0.15) is 19.6 Å². The standard InChI is InChI=1S/C17H20FN7O2/c18-12-3-4-24(7-12)16-22-14-10(5-11-8-27-9-19-15(11)26)6-20-25(14)17(23-16)21-13-1-2-13/h5-6,12-13H,1-4,7-9H2,(H,19,26)(H,21,22,23)/b11-5+. The molecule has 2 saturated heterocycles. The molecule has 3 aliphatic rings. The lowest BCUT2D eigenvalue weighted by Gasteiger charge is -2.17. The maximum Gasteiger partial charge on any atom is 0.251 e. The minimum absolute atomic E-state index is 0.161. The van der Waals surface area contributed by atoms with Crippen LogP contribution in [-0.4, -0.2) is 64.1 Å². The summed E-state index contributed by atoms with van der Waals surface area (Å²) >= 11 is 0. The summed E-state index contributed by atoms with van der Waals surface area (Å²) in [6, 6.07) is 0.381. The third-order valence-electron chi connectivity index (χ3n) is 4.92. The monoisotopic (exact) mass is 373 g/mol. The molecule has 5 rings (SSSR count). The first-order chi connectivity index (χ1) is 13.2. The van der Waals surface area contributed by atoms with Gasteiger partial charge in [-0.3, -0.25) is 4.79 Å². The number of ether oxygens (including phenoxy) is 1. The second-order valence-corrected chi connectivity index (χ2v) is 7.10. The Balaban J connectivity index is 1.58. The van der Waals surface area contributed by atoms with Gasteiger partial charge in [-0.15, -0.1) is 0 Å². The lowest BCUT2D eigenvalue weighted by Crippen LogP contribution is -2.34. The molecule has 10 heteroatoms. The summed E-state index contributed by atoms with van der Waals surface area (Å²) in [7, 11) is 0. The largest absolute Gasteiger partial charge is 0.356 e. The summed E-state index contributed by atoms with van der Waals surface area (Å²) in [6.07, 6.45) is 5.19. The number of amides is 1. The molecule has 9 nitrogen and oxygen atoms in total. The second-order valence-electron chi connectivity index (χ2n) is 7.10. The number of carbonyl (C=O) groups is 1. The molecule has 1 saturated carbocycles. The highest BCUT2D eigenvalue weighted by atomic mass is 19.1. The quantitative estimate of drug-likeness (QED) is 0.763. The Morgan fingerprint density at radius 3 is 2.96 bits per heavy atom. The van der Waals surface area contributed by atoms with Gasteiger partial charge in [-0.05, 0) is 25.3 Å². The molecule has 0 bridgehead atoms. The minimum Gasteiger partial charge on any atom is -0.356 e. The van der Waals surface area contributed by atoms with E-state index in [-0.39, 0.29) is 19.2 Å². The van der Waals surface area contributed by atoms with Gasteiger partial charge in [0, 0.05) is 23.7 Å². The first-order valence-corrected chi connectivity index (χ1v) is 9.15. The van der Waals surface area contributed by atoms with Crippen LogP contribution in [0.25, 0.3) is 11.7 Å². The summed E-state index contributed by atoms with van der Waals surface area (Å²) in [5, 5.41) is 10.4. The van der Waals surface area contributed by atoms with Gasteiger partial charge in [0.2, 0.25) is 11.9 Å². The third-order valence-corrected chi connectivity index (χ3v) is 4.92. The van der Waals surface area contributed by atoms with Crippen molar-refractivity contribution < 1.29 is 13.9 Å². The van der Waals surface area contributed by atoms with Crippen molar-refractivity contribution in [2.75, 3.05) is 36.6 Å². The van der Waals surface area contributed by atoms with Crippen LogP contribution in [0.4, 0.5) is 16.3 Å². The Bertz CT molecular complexity index is 923. The number of aromatic nitrogens is 4. The van der Waals surface area contributed by atoms with Crippen LogP contribution in [0.2, 0.25) is 0 Å². The van der Waals surface area contributed by atoms with Crippen molar-refractivity contribution in [3.8, 4) is 0 Å². The normalized spacial score (nSPS) is 24.6. The van der Waals surface area contributed by atoms with Crippen molar-refractivity contribution in [3.63, 3.8) is 0 Å². The Morgan fingerprint density at radius 2 is 2.22 bits per heavy atom. The predicted molar refractivity (Wildman–Crippen MR) is 96.1 cm³/mol. The average molecular weight is 373 g/mol. The number of hydrogen-bond acceptors (Lipinski definition) is 7.